The molecule has 0 amide bonds. The molecule has 0 aliphatic carbocycles. The highest BCUT2D eigenvalue weighted by Crippen LogP contribution is 2.42. The molecular formula is C33H52Cl3NO12. The number of alkyl halides is 3. The van der Waals surface area contributed by atoms with Gasteiger partial charge in [-0.1, -0.05) is 83.3 Å². The average Bonchev–Trinajstić information content (AvgIpc) is 3.01. The van der Waals surface area contributed by atoms with Gasteiger partial charge < -0.3 is 42.6 Å². The lowest BCUT2D eigenvalue weighted by atomic mass is 9.82. The number of ether oxygens (including phenoxy) is 9. The SMILES string of the molecule is CCC1O[C@@H](OC(=N)C(Cl)(Cl)Cl)C(O[C@@H]2OC(COC(C)=O)[C@H](C)[C@H](O[C@@H]3OC(CC)[C@H](C)[C@H](C)C3OC(C)=O)C2OC(C)=O)[C@@H](C)[C@H]1C. The largest absolute Gasteiger partial charge is 0.463 e. The molecule has 3 saturated heterocycles. The maximum atomic E-state index is 12.6. The van der Waals surface area contributed by atoms with Crippen LogP contribution >= 0.6 is 34.8 Å². The molecule has 0 aromatic heterocycles. The smallest absolute Gasteiger partial charge is 0.303 e. The molecule has 3 heterocycles. The lowest BCUT2D eigenvalue weighted by Crippen LogP contribution is -2.63. The van der Waals surface area contributed by atoms with Crippen molar-refractivity contribution in [3.8, 4) is 0 Å². The molecule has 1 N–H and O–H groups in total. The molecule has 3 aliphatic heterocycles. The van der Waals surface area contributed by atoms with Crippen LogP contribution in [0.3, 0.4) is 0 Å². The van der Waals surface area contributed by atoms with Crippen LogP contribution in [-0.4, -0.2) is 95.8 Å². The number of rotatable bonds is 11. The minimum absolute atomic E-state index is 0.0449. The summed E-state index contributed by atoms with van der Waals surface area (Å²) in [7, 11) is 0. The highest BCUT2D eigenvalue weighted by atomic mass is 35.6. The second kappa shape index (κ2) is 17.9. The first-order valence-electron chi connectivity index (χ1n) is 16.9. The maximum Gasteiger partial charge on any atom is 0.303 e. The quantitative estimate of drug-likeness (QED) is 0.0899. The van der Waals surface area contributed by atoms with Crippen LogP contribution in [0, 0.1) is 35.0 Å². The predicted octanol–water partition coefficient (Wildman–Crippen LogP) is 5.72. The Balaban J connectivity index is 2.06. The van der Waals surface area contributed by atoms with Crippen molar-refractivity contribution in [1.29, 1.82) is 5.41 Å². The lowest BCUT2D eigenvalue weighted by molar-refractivity contribution is -0.366. The monoisotopic (exact) mass is 759 g/mol. The number of carbonyl (C=O) groups is 3. The van der Waals surface area contributed by atoms with Crippen LogP contribution in [0.1, 0.15) is 82.1 Å². The summed E-state index contributed by atoms with van der Waals surface area (Å²) in [6, 6.07) is 0. The summed E-state index contributed by atoms with van der Waals surface area (Å²) in [6.45, 7) is 17.3. The summed E-state index contributed by atoms with van der Waals surface area (Å²) in [5.74, 6) is -3.31. The molecule has 16 heteroatoms. The molecule has 0 radical (unpaired) electrons. The molecule has 6 unspecified atom stereocenters. The molecule has 13 nitrogen and oxygen atoms in total. The third-order valence-electron chi connectivity index (χ3n) is 9.96. The van der Waals surface area contributed by atoms with E-state index >= 15 is 0 Å². The van der Waals surface area contributed by atoms with E-state index in [0.29, 0.717) is 12.8 Å². The molecule has 282 valence electrons. The Hall–Kier alpha value is -1.45. The molecule has 0 aromatic rings. The van der Waals surface area contributed by atoms with Gasteiger partial charge in [0, 0.05) is 32.6 Å². The summed E-state index contributed by atoms with van der Waals surface area (Å²) in [4.78, 5) is 36.7. The molecule has 0 spiro atoms. The molecule has 49 heavy (non-hydrogen) atoms. The lowest BCUT2D eigenvalue weighted by Gasteiger charge is -2.50. The van der Waals surface area contributed by atoms with E-state index in [1.165, 1.54) is 20.8 Å². The molecule has 0 aromatic carbocycles. The predicted molar refractivity (Wildman–Crippen MR) is 179 cm³/mol. The topological polar surface area (TPSA) is 158 Å². The van der Waals surface area contributed by atoms with Crippen molar-refractivity contribution in [3.63, 3.8) is 0 Å². The zero-order valence-electron chi connectivity index (χ0n) is 29.8. The Morgan fingerprint density at radius 3 is 1.53 bits per heavy atom. The van der Waals surface area contributed by atoms with Gasteiger partial charge in [-0.2, -0.15) is 0 Å². The van der Waals surface area contributed by atoms with E-state index in [1.54, 1.807) is 6.92 Å². The van der Waals surface area contributed by atoms with Gasteiger partial charge in [0.2, 0.25) is 12.2 Å². The first kappa shape index (κ1) is 42.0. The van der Waals surface area contributed by atoms with Crippen LogP contribution in [0.2, 0.25) is 0 Å². The normalized spacial score (nSPS) is 39.8. The van der Waals surface area contributed by atoms with Gasteiger partial charge in [-0.25, -0.2) is 0 Å². The van der Waals surface area contributed by atoms with Crippen LogP contribution < -0.4 is 0 Å². The Morgan fingerprint density at radius 1 is 0.592 bits per heavy atom. The Kier molecular flexibility index (Phi) is 15.3. The highest BCUT2D eigenvalue weighted by molar-refractivity contribution is 6.76. The summed E-state index contributed by atoms with van der Waals surface area (Å²) in [6.07, 6.45) is -7.43. The van der Waals surface area contributed by atoms with Gasteiger partial charge in [0.05, 0.1) is 12.2 Å². The van der Waals surface area contributed by atoms with Gasteiger partial charge in [-0.05, 0) is 30.6 Å². The summed E-state index contributed by atoms with van der Waals surface area (Å²) < 4.78 is 52.8. The summed E-state index contributed by atoms with van der Waals surface area (Å²) in [5, 5.41) is 8.24. The number of carbonyl (C=O) groups excluding carboxylic acids is 3. The van der Waals surface area contributed by atoms with Crippen molar-refractivity contribution in [2.24, 2.45) is 29.6 Å². The third-order valence-corrected chi connectivity index (χ3v) is 10.5. The number of hydrogen-bond donors (Lipinski definition) is 1. The van der Waals surface area contributed by atoms with Crippen LogP contribution in [-0.2, 0) is 57.0 Å². The zero-order chi connectivity index (χ0) is 37.0. The van der Waals surface area contributed by atoms with E-state index < -0.39 is 82.9 Å². The van der Waals surface area contributed by atoms with Crippen LogP contribution in [0.5, 0.6) is 0 Å². The van der Waals surface area contributed by atoms with Gasteiger partial charge >= 0.3 is 17.9 Å². The molecule has 3 aliphatic rings. The molecule has 3 fully saturated rings. The van der Waals surface area contributed by atoms with E-state index in [2.05, 4.69) is 0 Å². The van der Waals surface area contributed by atoms with Crippen LogP contribution in [0.25, 0.3) is 0 Å². The molecule has 15 atom stereocenters. The third kappa shape index (κ3) is 10.6. The fraction of sp³-hybridized carbons (Fsp3) is 0.879. The number of halogens is 3. The first-order valence-corrected chi connectivity index (χ1v) is 18.0. The minimum atomic E-state index is -2.17. The van der Waals surface area contributed by atoms with Crippen LogP contribution in [0.15, 0.2) is 0 Å². The Morgan fingerprint density at radius 2 is 1.04 bits per heavy atom. The summed E-state index contributed by atoms with van der Waals surface area (Å²) in [5.41, 5.74) is 0. The second-order valence-corrected chi connectivity index (χ2v) is 15.6. The number of esters is 3. The fourth-order valence-electron chi connectivity index (χ4n) is 6.75. The van der Waals surface area contributed by atoms with Crippen molar-refractivity contribution in [3.05, 3.63) is 0 Å². The van der Waals surface area contributed by atoms with Gasteiger partial charge in [0.25, 0.3) is 3.79 Å². The van der Waals surface area contributed by atoms with Crippen molar-refractivity contribution in [2.75, 3.05) is 6.61 Å². The fourth-order valence-corrected chi connectivity index (χ4v) is 6.88. The first-order chi connectivity index (χ1) is 22.8. The highest BCUT2D eigenvalue weighted by Gasteiger charge is 2.54. The van der Waals surface area contributed by atoms with E-state index in [1.807, 2.05) is 41.5 Å². The van der Waals surface area contributed by atoms with Gasteiger partial charge in [0.1, 0.15) is 24.9 Å². The number of nitrogens with one attached hydrogen (secondary N) is 1. The van der Waals surface area contributed by atoms with Gasteiger partial charge in [-0.3, -0.25) is 19.8 Å². The zero-order valence-corrected chi connectivity index (χ0v) is 32.1. The molecule has 0 saturated carbocycles. The molecule has 3 rings (SSSR count). The average molecular weight is 761 g/mol. The van der Waals surface area contributed by atoms with E-state index in [9.17, 15) is 14.4 Å². The molecule has 0 bridgehead atoms. The minimum Gasteiger partial charge on any atom is -0.463 e. The maximum absolute atomic E-state index is 12.6. The van der Waals surface area contributed by atoms with E-state index in [4.69, 9.17) is 82.8 Å². The van der Waals surface area contributed by atoms with Gasteiger partial charge in [-0.15, -0.1) is 0 Å². The van der Waals surface area contributed by atoms with Gasteiger partial charge in [0.15, 0.2) is 24.8 Å². The Bertz CT molecular complexity index is 1160. The summed E-state index contributed by atoms with van der Waals surface area (Å²) >= 11 is 17.9. The van der Waals surface area contributed by atoms with Crippen LogP contribution in [0.4, 0.5) is 0 Å². The van der Waals surface area contributed by atoms with Crippen molar-refractivity contribution in [2.45, 2.75) is 147 Å². The Labute approximate surface area is 304 Å². The van der Waals surface area contributed by atoms with Crippen molar-refractivity contribution in [1.82, 2.24) is 0 Å². The number of hydrogen-bond acceptors (Lipinski definition) is 13. The van der Waals surface area contributed by atoms with E-state index in [0.717, 1.165) is 0 Å². The second-order valence-electron chi connectivity index (χ2n) is 13.3. The standard InChI is InChI=1S/C33H52Cl3NO12/c1-11-22-14(3)16(5)26(42-20(9)39)29(44-22)47-25-18(7)24(13-41-19(8)38)46-31(28(25)43-21(10)40)48-27-17(6)15(4)23(12-2)45-30(27)49-32(37)33(34,35)36/h14-18,22-31,37H,11-13H2,1-10H3/t14-,15-,16+,17+,18+,22?,23?,24?,25+,26?,27?,28?,29+,30+,31+/m1/s1. The van der Waals surface area contributed by atoms with E-state index in [-0.39, 0.29) is 42.5 Å². The van der Waals surface area contributed by atoms with Crippen molar-refractivity contribution < 1.29 is 57.0 Å². The van der Waals surface area contributed by atoms with Crippen molar-refractivity contribution >= 4 is 58.6 Å². The molecular weight excluding hydrogens is 709 g/mol.